The molecular weight excluding hydrogens is 641 g/mol. The highest BCUT2D eigenvalue weighted by atomic mass is 19.4. The number of rotatable bonds is 7. The minimum atomic E-state index is -4.75. The number of fused-ring (bicyclic) bond motifs is 2. The number of pyridine rings is 2. The summed E-state index contributed by atoms with van der Waals surface area (Å²) in [4.78, 5) is 43.9. The maximum atomic E-state index is 15.2. The Morgan fingerprint density at radius 2 is 1.83 bits per heavy atom. The number of nitrogens with one attached hydrogen (secondary N) is 1. The van der Waals surface area contributed by atoms with E-state index in [0.29, 0.717) is 34.6 Å². The maximum absolute atomic E-state index is 15.2. The van der Waals surface area contributed by atoms with Crippen LogP contribution in [0.1, 0.15) is 21.6 Å². The van der Waals surface area contributed by atoms with Crippen molar-refractivity contribution in [3.05, 3.63) is 99.7 Å². The van der Waals surface area contributed by atoms with E-state index in [2.05, 4.69) is 10.3 Å². The molecule has 1 aliphatic heterocycles. The number of amides is 1. The highest BCUT2D eigenvalue weighted by molar-refractivity contribution is 5.97. The summed E-state index contributed by atoms with van der Waals surface area (Å²) in [6, 6.07) is 7.97. The number of hydrogen-bond acceptors (Lipinski definition) is 6. The van der Waals surface area contributed by atoms with Crippen LogP contribution in [0.25, 0.3) is 27.7 Å². The number of carboxylic acid groups (broad SMARTS) is 1. The number of aliphatic carboxylic acids is 1. The topological polar surface area (TPSA) is 118 Å². The van der Waals surface area contributed by atoms with Gasteiger partial charge in [0.2, 0.25) is 0 Å². The number of carboxylic acids is 1. The average Bonchev–Trinajstić information content (AvgIpc) is 3.54. The number of nitrogens with zero attached hydrogens (tertiary/aromatic N) is 4. The number of carbonyl (C=O) groups is 2. The Labute approximate surface area is 269 Å². The normalized spacial score (nSPS) is 16.0. The van der Waals surface area contributed by atoms with E-state index in [4.69, 9.17) is 4.74 Å². The van der Waals surface area contributed by atoms with Crippen molar-refractivity contribution in [3.63, 3.8) is 0 Å². The molecule has 0 unspecified atom stereocenters. The Morgan fingerprint density at radius 1 is 1.12 bits per heavy atom. The molecule has 0 spiro atoms. The lowest BCUT2D eigenvalue weighted by Crippen LogP contribution is -2.53. The average molecular weight is 670 g/mol. The molecule has 3 aromatic heterocycles. The standard InChI is InChI=1S/C33H28F5N5O5/c1-17-20-5-3-4-6-25(20)41(2)31(45)27(17)21-8-7-18(43-10-9-39-29(21)43)15-24(32(46)47)40-30(44)28-22(34)13-19(14-23(28)35)42-11-12-48-16-26(42)33(36,37)38/h3-10,13-14,24,26H,11-12,15-16H2,1-2H3,(H,40,44)(H,46,47)/t24-,26-/m0/s1. The summed E-state index contributed by atoms with van der Waals surface area (Å²) in [6.45, 7) is 0.677. The largest absolute Gasteiger partial charge is 0.480 e. The SMILES string of the molecule is Cc1c(-c2ccc(C[C@H](NC(=O)c3c(F)cc(N4CCOC[C@H]4C(F)(F)F)cc3F)C(=O)O)n3ccnc23)c(=O)n(C)c2ccccc12. The first-order chi connectivity index (χ1) is 22.8. The van der Waals surface area contributed by atoms with Crippen LogP contribution >= 0.6 is 0 Å². The number of alkyl halides is 3. The molecule has 4 heterocycles. The highest BCUT2D eigenvalue weighted by Gasteiger charge is 2.46. The molecule has 0 saturated carbocycles. The summed E-state index contributed by atoms with van der Waals surface area (Å²) in [5.41, 5.74) is 1.18. The number of aromatic nitrogens is 3. The summed E-state index contributed by atoms with van der Waals surface area (Å²) in [5.74, 6) is -5.86. The third-order valence-electron chi connectivity index (χ3n) is 8.57. The second kappa shape index (κ2) is 12.4. The van der Waals surface area contributed by atoms with Gasteiger partial charge in [-0.25, -0.2) is 18.6 Å². The van der Waals surface area contributed by atoms with Crippen molar-refractivity contribution in [1.82, 2.24) is 19.3 Å². The number of halogens is 5. The van der Waals surface area contributed by atoms with Crippen molar-refractivity contribution >= 4 is 34.1 Å². The minimum absolute atomic E-state index is 0.109. The fourth-order valence-corrected chi connectivity index (χ4v) is 6.17. The first-order valence-electron chi connectivity index (χ1n) is 14.8. The molecule has 2 N–H and O–H groups in total. The molecule has 0 radical (unpaired) electrons. The molecule has 10 nitrogen and oxygen atoms in total. The van der Waals surface area contributed by atoms with Crippen LogP contribution in [0.4, 0.5) is 27.6 Å². The molecule has 1 saturated heterocycles. The van der Waals surface area contributed by atoms with Gasteiger partial charge in [-0.15, -0.1) is 0 Å². The Kier molecular flexibility index (Phi) is 8.41. The van der Waals surface area contributed by atoms with Crippen molar-refractivity contribution in [3.8, 4) is 11.1 Å². The van der Waals surface area contributed by atoms with Gasteiger partial charge in [-0.2, -0.15) is 13.2 Å². The van der Waals surface area contributed by atoms with E-state index >= 15 is 8.78 Å². The zero-order chi connectivity index (χ0) is 34.5. The molecule has 15 heteroatoms. The van der Waals surface area contributed by atoms with Crippen molar-refractivity contribution in [1.29, 1.82) is 0 Å². The number of anilines is 1. The van der Waals surface area contributed by atoms with Crippen LogP contribution < -0.4 is 15.8 Å². The summed E-state index contributed by atoms with van der Waals surface area (Å²) in [6.07, 6.45) is -2.10. The Balaban J connectivity index is 1.30. The molecular formula is C33H28F5N5O5. The second-order valence-electron chi connectivity index (χ2n) is 11.4. The molecule has 5 aromatic rings. The van der Waals surface area contributed by atoms with E-state index in [-0.39, 0.29) is 25.1 Å². The molecule has 2 atom stereocenters. The number of aryl methyl sites for hydroxylation is 2. The monoisotopic (exact) mass is 669 g/mol. The van der Waals surface area contributed by atoms with Crippen LogP contribution in [-0.4, -0.2) is 69.0 Å². The zero-order valence-corrected chi connectivity index (χ0v) is 25.5. The van der Waals surface area contributed by atoms with Crippen molar-refractivity contribution in [2.45, 2.75) is 31.6 Å². The number of para-hydroxylation sites is 1. The molecule has 1 aliphatic rings. The second-order valence-corrected chi connectivity index (χ2v) is 11.4. The fraction of sp³-hybridized carbons (Fsp3) is 0.273. The van der Waals surface area contributed by atoms with E-state index in [1.807, 2.05) is 31.2 Å². The number of imidazole rings is 1. The molecule has 0 bridgehead atoms. The lowest BCUT2D eigenvalue weighted by molar-refractivity contribution is -0.167. The molecule has 1 amide bonds. The number of hydrogen-bond donors (Lipinski definition) is 2. The van der Waals surface area contributed by atoms with Gasteiger partial charge in [0.25, 0.3) is 11.5 Å². The number of benzene rings is 2. The van der Waals surface area contributed by atoms with Gasteiger partial charge in [-0.3, -0.25) is 9.59 Å². The van der Waals surface area contributed by atoms with Crippen LogP contribution in [0.15, 0.2) is 65.7 Å². The molecule has 6 rings (SSSR count). The molecule has 0 aliphatic carbocycles. The molecule has 1 fully saturated rings. The van der Waals surface area contributed by atoms with Crippen LogP contribution in [-0.2, 0) is 23.0 Å². The fourth-order valence-electron chi connectivity index (χ4n) is 6.17. The third kappa shape index (κ3) is 5.74. The first kappa shape index (κ1) is 32.6. The molecule has 48 heavy (non-hydrogen) atoms. The maximum Gasteiger partial charge on any atom is 0.411 e. The van der Waals surface area contributed by atoms with E-state index < -0.39 is 59.6 Å². The van der Waals surface area contributed by atoms with Crippen LogP contribution in [0, 0.1) is 18.6 Å². The summed E-state index contributed by atoms with van der Waals surface area (Å²) < 4.78 is 78.9. The number of morpholine rings is 1. The van der Waals surface area contributed by atoms with E-state index in [9.17, 15) is 32.7 Å². The van der Waals surface area contributed by atoms with Gasteiger partial charge in [0.05, 0.1) is 24.3 Å². The number of ether oxygens (including phenoxy) is 1. The van der Waals surface area contributed by atoms with Gasteiger partial charge in [0.15, 0.2) is 0 Å². The lowest BCUT2D eigenvalue weighted by Gasteiger charge is -2.38. The third-order valence-corrected chi connectivity index (χ3v) is 8.57. The smallest absolute Gasteiger partial charge is 0.411 e. The summed E-state index contributed by atoms with van der Waals surface area (Å²) in [5, 5.41) is 12.9. The van der Waals surface area contributed by atoms with Gasteiger partial charge in [0.1, 0.15) is 34.9 Å². The summed E-state index contributed by atoms with van der Waals surface area (Å²) in [7, 11) is 1.66. The van der Waals surface area contributed by atoms with Crippen LogP contribution in [0.3, 0.4) is 0 Å². The van der Waals surface area contributed by atoms with Gasteiger partial charge in [-0.1, -0.05) is 18.2 Å². The predicted octanol–water partition coefficient (Wildman–Crippen LogP) is 4.63. The minimum Gasteiger partial charge on any atom is -0.480 e. The number of carbonyl (C=O) groups excluding carboxylic acids is 1. The quantitative estimate of drug-likeness (QED) is 0.243. The highest BCUT2D eigenvalue weighted by Crippen LogP contribution is 2.33. The molecule has 250 valence electrons. The van der Waals surface area contributed by atoms with Gasteiger partial charge in [-0.05, 0) is 42.8 Å². The van der Waals surface area contributed by atoms with Crippen molar-refractivity contribution in [2.75, 3.05) is 24.7 Å². The first-order valence-corrected chi connectivity index (χ1v) is 14.8. The van der Waals surface area contributed by atoms with E-state index in [0.717, 1.165) is 21.4 Å². The van der Waals surface area contributed by atoms with Gasteiger partial charge in [0, 0.05) is 54.7 Å². The Hall–Kier alpha value is -5.31. The predicted molar refractivity (Wildman–Crippen MR) is 165 cm³/mol. The van der Waals surface area contributed by atoms with Gasteiger partial charge >= 0.3 is 12.1 Å². The summed E-state index contributed by atoms with van der Waals surface area (Å²) >= 11 is 0. The Bertz CT molecular complexity index is 2120. The van der Waals surface area contributed by atoms with E-state index in [1.165, 1.54) is 10.8 Å². The lowest BCUT2D eigenvalue weighted by atomic mass is 9.98. The Morgan fingerprint density at radius 3 is 2.52 bits per heavy atom. The van der Waals surface area contributed by atoms with Crippen LogP contribution in [0.5, 0.6) is 0 Å². The zero-order valence-electron chi connectivity index (χ0n) is 25.5. The van der Waals surface area contributed by atoms with Crippen LogP contribution in [0.2, 0.25) is 0 Å². The van der Waals surface area contributed by atoms with Crippen molar-refractivity contribution in [2.24, 2.45) is 7.05 Å². The molecule has 2 aromatic carbocycles. The van der Waals surface area contributed by atoms with Gasteiger partial charge < -0.3 is 29.0 Å². The van der Waals surface area contributed by atoms with Crippen molar-refractivity contribution < 1.29 is 41.4 Å². The van der Waals surface area contributed by atoms with E-state index in [1.54, 1.807) is 29.8 Å².